The first-order valence-corrected chi connectivity index (χ1v) is 5.85. The van der Waals surface area contributed by atoms with Crippen LogP contribution in [0.1, 0.15) is 24.4 Å². The van der Waals surface area contributed by atoms with Gasteiger partial charge in [-0.3, -0.25) is 0 Å². The van der Waals surface area contributed by atoms with Crippen LogP contribution in [-0.4, -0.2) is 12.2 Å². The standard InChI is InChI=1S/C14H17NO2/c1-10(16)11-3-5-12(6-4-11)14-8-7-13(17-14)9-15-2/h3-8,10,15-16H,9H2,1-2H3/p+1/t10-/m1/s1. The van der Waals surface area contributed by atoms with Gasteiger partial charge >= 0.3 is 0 Å². The average Bonchev–Trinajstić information content (AvgIpc) is 2.78. The van der Waals surface area contributed by atoms with Crippen molar-refractivity contribution < 1.29 is 14.8 Å². The molecule has 0 bridgehead atoms. The SMILES string of the molecule is C[NH2+]Cc1ccc(-c2ccc([C@@H](C)O)cc2)o1. The van der Waals surface area contributed by atoms with Crippen LogP contribution in [0, 0.1) is 0 Å². The van der Waals surface area contributed by atoms with Crippen LogP contribution in [0.3, 0.4) is 0 Å². The third kappa shape index (κ3) is 2.75. The molecule has 3 nitrogen and oxygen atoms in total. The van der Waals surface area contributed by atoms with Crippen molar-refractivity contribution in [2.45, 2.75) is 19.6 Å². The monoisotopic (exact) mass is 232 g/mol. The number of furan rings is 1. The zero-order chi connectivity index (χ0) is 12.3. The fourth-order valence-electron chi connectivity index (χ4n) is 1.77. The summed E-state index contributed by atoms with van der Waals surface area (Å²) in [5.74, 6) is 1.85. The lowest BCUT2D eigenvalue weighted by atomic mass is 10.1. The maximum Gasteiger partial charge on any atom is 0.158 e. The Hall–Kier alpha value is -1.58. The quantitative estimate of drug-likeness (QED) is 0.843. The van der Waals surface area contributed by atoms with Gasteiger partial charge in [-0.15, -0.1) is 0 Å². The number of hydrogen-bond donors (Lipinski definition) is 2. The number of aliphatic hydroxyl groups is 1. The van der Waals surface area contributed by atoms with Gasteiger partial charge in [-0.2, -0.15) is 0 Å². The summed E-state index contributed by atoms with van der Waals surface area (Å²) in [5, 5.41) is 11.5. The summed E-state index contributed by atoms with van der Waals surface area (Å²) in [4.78, 5) is 0. The minimum atomic E-state index is -0.425. The van der Waals surface area contributed by atoms with E-state index in [1.807, 2.05) is 43.4 Å². The molecule has 0 aliphatic carbocycles. The van der Waals surface area contributed by atoms with Crippen molar-refractivity contribution in [3.05, 3.63) is 47.7 Å². The predicted molar refractivity (Wildman–Crippen MR) is 66.3 cm³/mol. The molecule has 0 aliphatic rings. The molecule has 2 aromatic rings. The molecule has 1 aromatic heterocycles. The summed E-state index contributed by atoms with van der Waals surface area (Å²) in [6.45, 7) is 2.61. The molecule has 0 unspecified atom stereocenters. The molecule has 0 radical (unpaired) electrons. The van der Waals surface area contributed by atoms with Crippen LogP contribution in [0.25, 0.3) is 11.3 Å². The van der Waals surface area contributed by atoms with Gasteiger partial charge in [-0.1, -0.05) is 24.3 Å². The van der Waals surface area contributed by atoms with Gasteiger partial charge in [0.1, 0.15) is 12.3 Å². The van der Waals surface area contributed by atoms with Gasteiger partial charge in [0.05, 0.1) is 13.2 Å². The summed E-state index contributed by atoms with van der Waals surface area (Å²) >= 11 is 0. The minimum absolute atomic E-state index is 0.425. The highest BCUT2D eigenvalue weighted by Crippen LogP contribution is 2.23. The first kappa shape index (κ1) is 11.9. The van der Waals surface area contributed by atoms with Gasteiger partial charge in [0.25, 0.3) is 0 Å². The number of hydrogen-bond acceptors (Lipinski definition) is 2. The normalized spacial score (nSPS) is 12.6. The maximum atomic E-state index is 9.43. The second-order valence-electron chi connectivity index (χ2n) is 4.18. The fourth-order valence-corrected chi connectivity index (χ4v) is 1.77. The molecule has 0 spiro atoms. The van der Waals surface area contributed by atoms with Crippen LogP contribution in [0.15, 0.2) is 40.8 Å². The van der Waals surface area contributed by atoms with Gasteiger partial charge < -0.3 is 14.8 Å². The van der Waals surface area contributed by atoms with Crippen LogP contribution in [0.2, 0.25) is 0 Å². The Morgan fingerprint density at radius 3 is 2.47 bits per heavy atom. The molecule has 1 atom stereocenters. The van der Waals surface area contributed by atoms with E-state index in [0.29, 0.717) is 0 Å². The van der Waals surface area contributed by atoms with E-state index in [1.54, 1.807) is 6.92 Å². The zero-order valence-electron chi connectivity index (χ0n) is 10.2. The van der Waals surface area contributed by atoms with Crippen molar-refractivity contribution in [2.75, 3.05) is 7.05 Å². The van der Waals surface area contributed by atoms with E-state index < -0.39 is 6.10 Å². The summed E-state index contributed by atoms with van der Waals surface area (Å²) in [5.41, 5.74) is 1.96. The van der Waals surface area contributed by atoms with E-state index in [9.17, 15) is 5.11 Å². The third-order valence-electron chi connectivity index (χ3n) is 2.74. The highest BCUT2D eigenvalue weighted by Gasteiger charge is 2.06. The highest BCUT2D eigenvalue weighted by molar-refractivity contribution is 5.58. The van der Waals surface area contributed by atoms with Crippen LogP contribution in [0.5, 0.6) is 0 Å². The van der Waals surface area contributed by atoms with Crippen LogP contribution >= 0.6 is 0 Å². The number of rotatable bonds is 4. The Morgan fingerprint density at radius 1 is 1.18 bits per heavy atom. The molecule has 2 rings (SSSR count). The molecule has 3 N–H and O–H groups in total. The molecule has 0 amide bonds. The Kier molecular flexibility index (Phi) is 3.61. The molecule has 0 saturated heterocycles. The van der Waals surface area contributed by atoms with Crippen molar-refractivity contribution in [1.82, 2.24) is 0 Å². The first-order chi connectivity index (χ1) is 8.20. The van der Waals surface area contributed by atoms with E-state index in [1.165, 1.54) is 0 Å². The molecule has 3 heteroatoms. The van der Waals surface area contributed by atoms with Gasteiger partial charge in [0, 0.05) is 5.56 Å². The third-order valence-corrected chi connectivity index (χ3v) is 2.74. The lowest BCUT2D eigenvalue weighted by Gasteiger charge is -2.04. The molecule has 1 heterocycles. The second-order valence-corrected chi connectivity index (χ2v) is 4.18. The van der Waals surface area contributed by atoms with E-state index in [0.717, 1.165) is 29.2 Å². The number of quaternary nitrogens is 1. The first-order valence-electron chi connectivity index (χ1n) is 5.85. The summed E-state index contributed by atoms with van der Waals surface area (Å²) in [6.07, 6.45) is -0.425. The van der Waals surface area contributed by atoms with Crippen LogP contribution in [-0.2, 0) is 6.54 Å². The smallest absolute Gasteiger partial charge is 0.158 e. The molecular weight excluding hydrogens is 214 g/mol. The summed E-state index contributed by atoms with van der Waals surface area (Å²) in [7, 11) is 2.01. The second kappa shape index (κ2) is 5.17. The Morgan fingerprint density at radius 2 is 1.88 bits per heavy atom. The summed E-state index contributed by atoms with van der Waals surface area (Å²) < 4.78 is 5.72. The van der Waals surface area contributed by atoms with Crippen molar-refractivity contribution in [3.63, 3.8) is 0 Å². The topological polar surface area (TPSA) is 50.0 Å². The van der Waals surface area contributed by atoms with Gasteiger partial charge in [-0.25, -0.2) is 0 Å². The minimum Gasteiger partial charge on any atom is -0.455 e. The number of nitrogens with two attached hydrogens (primary N) is 1. The van der Waals surface area contributed by atoms with E-state index >= 15 is 0 Å². The molecule has 0 aliphatic heterocycles. The average molecular weight is 232 g/mol. The Balaban J connectivity index is 2.21. The maximum absolute atomic E-state index is 9.43. The van der Waals surface area contributed by atoms with E-state index in [2.05, 4.69) is 5.32 Å². The zero-order valence-corrected chi connectivity index (χ0v) is 10.2. The molecule has 0 saturated carbocycles. The number of benzene rings is 1. The van der Waals surface area contributed by atoms with Gasteiger partial charge in [0.2, 0.25) is 0 Å². The molecule has 0 fully saturated rings. The Bertz CT molecular complexity index is 471. The summed E-state index contributed by atoms with van der Waals surface area (Å²) in [6, 6.07) is 11.8. The molecule has 1 aromatic carbocycles. The largest absolute Gasteiger partial charge is 0.455 e. The lowest BCUT2D eigenvalue weighted by Crippen LogP contribution is -2.77. The lowest BCUT2D eigenvalue weighted by molar-refractivity contribution is -0.645. The predicted octanol–water partition coefficient (Wildman–Crippen LogP) is 1.69. The molecule has 17 heavy (non-hydrogen) atoms. The van der Waals surface area contributed by atoms with E-state index in [4.69, 9.17) is 4.42 Å². The molecular formula is C14H18NO2+. The van der Waals surface area contributed by atoms with Gasteiger partial charge in [-0.05, 0) is 24.6 Å². The number of aliphatic hydroxyl groups excluding tert-OH is 1. The Labute approximate surface area is 101 Å². The van der Waals surface area contributed by atoms with Crippen molar-refractivity contribution in [3.8, 4) is 11.3 Å². The molecule has 90 valence electrons. The van der Waals surface area contributed by atoms with Crippen molar-refractivity contribution in [2.24, 2.45) is 0 Å². The van der Waals surface area contributed by atoms with Crippen molar-refractivity contribution in [1.29, 1.82) is 0 Å². The highest BCUT2D eigenvalue weighted by atomic mass is 16.3. The van der Waals surface area contributed by atoms with Crippen LogP contribution in [0.4, 0.5) is 0 Å². The van der Waals surface area contributed by atoms with Gasteiger partial charge in [0.15, 0.2) is 5.76 Å². The van der Waals surface area contributed by atoms with Crippen molar-refractivity contribution >= 4 is 0 Å². The van der Waals surface area contributed by atoms with Crippen LogP contribution < -0.4 is 5.32 Å². The fraction of sp³-hybridized carbons (Fsp3) is 0.286. The van der Waals surface area contributed by atoms with E-state index in [-0.39, 0.29) is 0 Å².